The maximum atomic E-state index is 11.2. The van der Waals surface area contributed by atoms with Crippen LogP contribution in [-0.4, -0.2) is 20.6 Å². The van der Waals surface area contributed by atoms with Crippen LogP contribution in [0.25, 0.3) is 22.3 Å². The number of benzene rings is 2. The Balaban J connectivity index is 1.75. The van der Waals surface area contributed by atoms with Gasteiger partial charge in [-0.1, -0.05) is 41.4 Å². The van der Waals surface area contributed by atoms with E-state index in [1.54, 1.807) is 24.3 Å². The van der Waals surface area contributed by atoms with E-state index >= 15 is 0 Å². The Labute approximate surface area is 165 Å². The molecule has 0 amide bonds. The SMILES string of the molecule is O=C(O)c1cccc(-c2ccc3ccn(Cc4ccc(Cl)cc4Cl)c3n2)c1. The van der Waals surface area contributed by atoms with Crippen molar-refractivity contribution in [1.29, 1.82) is 0 Å². The summed E-state index contributed by atoms with van der Waals surface area (Å²) in [6.45, 7) is 0.561. The summed E-state index contributed by atoms with van der Waals surface area (Å²) in [6.07, 6.45) is 1.96. The third kappa shape index (κ3) is 3.54. The first-order chi connectivity index (χ1) is 13.0. The summed E-state index contributed by atoms with van der Waals surface area (Å²) in [5.74, 6) is -0.960. The van der Waals surface area contributed by atoms with Gasteiger partial charge in [-0.25, -0.2) is 9.78 Å². The average molecular weight is 397 g/mol. The van der Waals surface area contributed by atoms with Crippen molar-refractivity contribution in [2.75, 3.05) is 0 Å². The van der Waals surface area contributed by atoms with Crippen molar-refractivity contribution in [3.63, 3.8) is 0 Å². The van der Waals surface area contributed by atoms with Crippen molar-refractivity contribution in [3.05, 3.63) is 88.0 Å². The first-order valence-corrected chi connectivity index (χ1v) is 9.00. The number of aromatic nitrogens is 2. The minimum atomic E-state index is -0.960. The van der Waals surface area contributed by atoms with Crippen LogP contribution in [0.15, 0.2) is 66.9 Å². The molecule has 27 heavy (non-hydrogen) atoms. The molecule has 134 valence electrons. The van der Waals surface area contributed by atoms with Crippen LogP contribution in [0.1, 0.15) is 15.9 Å². The van der Waals surface area contributed by atoms with E-state index in [9.17, 15) is 9.90 Å². The van der Waals surface area contributed by atoms with Gasteiger partial charge in [-0.15, -0.1) is 0 Å². The molecule has 0 aliphatic carbocycles. The number of halogens is 2. The fraction of sp³-hybridized carbons (Fsp3) is 0.0476. The molecule has 0 fully saturated rings. The van der Waals surface area contributed by atoms with Crippen LogP contribution in [0, 0.1) is 0 Å². The number of rotatable bonds is 4. The van der Waals surface area contributed by atoms with Crippen LogP contribution in [-0.2, 0) is 6.54 Å². The highest BCUT2D eigenvalue weighted by atomic mass is 35.5. The lowest BCUT2D eigenvalue weighted by Gasteiger charge is -2.09. The molecule has 2 heterocycles. The molecule has 6 heteroatoms. The molecular weight excluding hydrogens is 383 g/mol. The number of hydrogen-bond donors (Lipinski definition) is 1. The predicted octanol–water partition coefficient (Wildman–Crippen LogP) is 5.76. The molecule has 0 aliphatic heterocycles. The average Bonchev–Trinajstić information content (AvgIpc) is 3.06. The van der Waals surface area contributed by atoms with Crippen LogP contribution in [0.3, 0.4) is 0 Å². The highest BCUT2D eigenvalue weighted by Gasteiger charge is 2.10. The molecule has 2 aromatic heterocycles. The third-order valence-corrected chi connectivity index (χ3v) is 4.96. The van der Waals surface area contributed by atoms with E-state index in [1.807, 2.05) is 47.2 Å². The smallest absolute Gasteiger partial charge is 0.335 e. The van der Waals surface area contributed by atoms with Crippen LogP contribution in [0.5, 0.6) is 0 Å². The van der Waals surface area contributed by atoms with Crippen LogP contribution >= 0.6 is 23.2 Å². The molecule has 2 aromatic carbocycles. The van der Waals surface area contributed by atoms with Gasteiger partial charge in [0.05, 0.1) is 17.8 Å². The lowest BCUT2D eigenvalue weighted by molar-refractivity contribution is 0.0697. The second-order valence-electron chi connectivity index (χ2n) is 6.17. The second kappa shape index (κ2) is 7.06. The van der Waals surface area contributed by atoms with E-state index < -0.39 is 5.97 Å². The number of carboxylic acid groups (broad SMARTS) is 1. The molecular formula is C21H14Cl2N2O2. The molecule has 0 aliphatic rings. The Morgan fingerprint density at radius 3 is 2.67 bits per heavy atom. The molecule has 0 bridgehead atoms. The van der Waals surface area contributed by atoms with Gasteiger partial charge < -0.3 is 9.67 Å². The number of aromatic carboxylic acids is 1. The standard InChI is InChI=1S/C21H14Cl2N2O2/c22-17-6-4-16(18(23)11-17)12-25-9-8-13-5-7-19(24-20(13)25)14-2-1-3-15(10-14)21(26)27/h1-11H,12H2,(H,26,27). The van der Waals surface area contributed by atoms with Crippen molar-refractivity contribution in [1.82, 2.24) is 9.55 Å². The first-order valence-electron chi connectivity index (χ1n) is 8.25. The van der Waals surface area contributed by atoms with Crippen LogP contribution in [0.4, 0.5) is 0 Å². The number of fused-ring (bicyclic) bond motifs is 1. The zero-order valence-electron chi connectivity index (χ0n) is 14.1. The van der Waals surface area contributed by atoms with E-state index in [4.69, 9.17) is 28.2 Å². The molecule has 0 radical (unpaired) electrons. The Bertz CT molecular complexity index is 1170. The summed E-state index contributed by atoms with van der Waals surface area (Å²) >= 11 is 12.3. The molecule has 1 N–H and O–H groups in total. The highest BCUT2D eigenvalue weighted by molar-refractivity contribution is 6.35. The topological polar surface area (TPSA) is 55.1 Å². The van der Waals surface area contributed by atoms with Crippen molar-refractivity contribution in [3.8, 4) is 11.3 Å². The summed E-state index contributed by atoms with van der Waals surface area (Å²) in [5, 5.41) is 11.4. The third-order valence-electron chi connectivity index (χ3n) is 4.37. The van der Waals surface area contributed by atoms with E-state index in [1.165, 1.54) is 0 Å². The molecule has 0 saturated carbocycles. The maximum absolute atomic E-state index is 11.2. The Kier molecular flexibility index (Phi) is 4.60. The van der Waals surface area contributed by atoms with Gasteiger partial charge >= 0.3 is 5.97 Å². The van der Waals surface area contributed by atoms with E-state index in [-0.39, 0.29) is 5.56 Å². The molecule has 0 atom stereocenters. The second-order valence-corrected chi connectivity index (χ2v) is 7.02. The molecule has 0 unspecified atom stereocenters. The van der Waals surface area contributed by atoms with Crippen LogP contribution < -0.4 is 0 Å². The van der Waals surface area contributed by atoms with Crippen molar-refractivity contribution in [2.24, 2.45) is 0 Å². The number of carbonyl (C=O) groups is 1. The molecule has 4 aromatic rings. The van der Waals surface area contributed by atoms with Gasteiger partial charge in [-0.3, -0.25) is 0 Å². The van der Waals surface area contributed by atoms with Gasteiger partial charge in [0.15, 0.2) is 0 Å². The maximum Gasteiger partial charge on any atom is 0.335 e. The number of carboxylic acids is 1. The van der Waals surface area contributed by atoms with Gasteiger partial charge in [0.2, 0.25) is 0 Å². The number of nitrogens with zero attached hydrogens (tertiary/aromatic N) is 2. The van der Waals surface area contributed by atoms with Crippen molar-refractivity contribution < 1.29 is 9.90 Å². The fourth-order valence-electron chi connectivity index (χ4n) is 2.99. The summed E-state index contributed by atoms with van der Waals surface area (Å²) in [7, 11) is 0. The summed E-state index contributed by atoms with van der Waals surface area (Å²) < 4.78 is 2.01. The van der Waals surface area contributed by atoms with Gasteiger partial charge in [0.25, 0.3) is 0 Å². The monoisotopic (exact) mass is 396 g/mol. The highest BCUT2D eigenvalue weighted by Crippen LogP contribution is 2.26. The quantitative estimate of drug-likeness (QED) is 0.477. The Morgan fingerprint density at radius 1 is 1.04 bits per heavy atom. The van der Waals surface area contributed by atoms with Gasteiger partial charge in [0, 0.05) is 27.2 Å². The summed E-state index contributed by atoms with van der Waals surface area (Å²) in [4.78, 5) is 16.0. The number of pyridine rings is 1. The van der Waals surface area contributed by atoms with Gasteiger partial charge in [-0.2, -0.15) is 0 Å². The summed E-state index contributed by atoms with van der Waals surface area (Å²) in [5.41, 5.74) is 3.46. The van der Waals surface area contributed by atoms with Gasteiger partial charge in [-0.05, 0) is 48.0 Å². The number of hydrogen-bond acceptors (Lipinski definition) is 2. The first kappa shape index (κ1) is 17.6. The minimum Gasteiger partial charge on any atom is -0.478 e. The molecule has 0 saturated heterocycles. The normalized spacial score (nSPS) is 11.0. The predicted molar refractivity (Wildman–Crippen MR) is 108 cm³/mol. The zero-order chi connectivity index (χ0) is 19.0. The lowest BCUT2D eigenvalue weighted by atomic mass is 10.1. The molecule has 4 nitrogen and oxygen atoms in total. The fourth-order valence-corrected chi connectivity index (χ4v) is 3.46. The van der Waals surface area contributed by atoms with E-state index in [2.05, 4.69) is 0 Å². The summed E-state index contributed by atoms with van der Waals surface area (Å²) in [6, 6.07) is 18.1. The van der Waals surface area contributed by atoms with Crippen LogP contribution in [0.2, 0.25) is 10.0 Å². The largest absolute Gasteiger partial charge is 0.478 e. The van der Waals surface area contributed by atoms with Gasteiger partial charge in [0.1, 0.15) is 5.65 Å². The van der Waals surface area contributed by atoms with E-state index in [0.29, 0.717) is 22.3 Å². The van der Waals surface area contributed by atoms with E-state index in [0.717, 1.165) is 22.2 Å². The Morgan fingerprint density at radius 2 is 1.89 bits per heavy atom. The lowest BCUT2D eigenvalue weighted by Crippen LogP contribution is -2.01. The zero-order valence-corrected chi connectivity index (χ0v) is 15.6. The molecule has 4 rings (SSSR count). The minimum absolute atomic E-state index is 0.234. The van der Waals surface area contributed by atoms with Crippen molar-refractivity contribution in [2.45, 2.75) is 6.54 Å². The molecule has 0 spiro atoms. The Hall–Kier alpha value is -2.82. The van der Waals surface area contributed by atoms with Crippen molar-refractivity contribution >= 4 is 40.2 Å².